The zero-order valence-electron chi connectivity index (χ0n) is 23.1. The molecule has 6 heteroatoms. The third kappa shape index (κ3) is 3.43. The van der Waals surface area contributed by atoms with Crippen LogP contribution in [-0.2, 0) is 9.59 Å². The fourth-order valence-electron chi connectivity index (χ4n) is 9.30. The van der Waals surface area contributed by atoms with Crippen molar-refractivity contribution in [3.8, 4) is 0 Å². The summed E-state index contributed by atoms with van der Waals surface area (Å²) >= 11 is 0. The summed E-state index contributed by atoms with van der Waals surface area (Å²) in [5.41, 5.74) is -2.56. The van der Waals surface area contributed by atoms with Gasteiger partial charge < -0.3 is 20.4 Å². The SMILES string of the molecule is C=C(C)CCC(=O)C(C)(O)C1[C@H](O)C[C@@]2(C)C3CC=C4C(C[C@H](O)[C@@H](O)C4(C)C)[C@]3(C)C(=O)C[C@]12C. The van der Waals surface area contributed by atoms with E-state index in [1.54, 1.807) is 0 Å². The van der Waals surface area contributed by atoms with Crippen molar-refractivity contribution in [2.75, 3.05) is 0 Å². The summed E-state index contributed by atoms with van der Waals surface area (Å²) < 4.78 is 0. The van der Waals surface area contributed by atoms with E-state index in [0.29, 0.717) is 25.7 Å². The molecule has 4 unspecified atom stereocenters. The van der Waals surface area contributed by atoms with E-state index in [4.69, 9.17) is 0 Å². The number of aliphatic hydroxyl groups excluding tert-OH is 3. The van der Waals surface area contributed by atoms with E-state index in [2.05, 4.69) is 19.6 Å². The molecule has 36 heavy (non-hydrogen) atoms. The van der Waals surface area contributed by atoms with Crippen LogP contribution in [0.4, 0.5) is 0 Å². The molecule has 4 aliphatic rings. The van der Waals surface area contributed by atoms with E-state index < -0.39 is 51.5 Å². The van der Waals surface area contributed by atoms with Gasteiger partial charge in [-0.3, -0.25) is 9.59 Å². The Bertz CT molecular complexity index is 1010. The molecule has 6 nitrogen and oxygen atoms in total. The highest BCUT2D eigenvalue weighted by Crippen LogP contribution is 2.74. The number of hydrogen-bond acceptors (Lipinski definition) is 6. The van der Waals surface area contributed by atoms with Crippen molar-refractivity contribution in [1.29, 1.82) is 0 Å². The van der Waals surface area contributed by atoms with Crippen molar-refractivity contribution in [1.82, 2.24) is 0 Å². The van der Waals surface area contributed by atoms with Crippen molar-refractivity contribution in [3.63, 3.8) is 0 Å². The normalized spacial score (nSPS) is 47.2. The molecule has 0 aromatic carbocycles. The van der Waals surface area contributed by atoms with E-state index in [1.165, 1.54) is 6.92 Å². The predicted molar refractivity (Wildman–Crippen MR) is 138 cm³/mol. The molecule has 0 heterocycles. The van der Waals surface area contributed by atoms with Gasteiger partial charge in [0, 0.05) is 29.6 Å². The van der Waals surface area contributed by atoms with Crippen molar-refractivity contribution in [2.45, 2.75) is 111 Å². The first-order valence-corrected chi connectivity index (χ1v) is 13.5. The Morgan fingerprint density at radius 1 is 1.08 bits per heavy atom. The zero-order chi connectivity index (χ0) is 27.2. The van der Waals surface area contributed by atoms with Crippen molar-refractivity contribution in [3.05, 3.63) is 23.8 Å². The highest BCUT2D eigenvalue weighted by Gasteiger charge is 2.74. The van der Waals surface area contributed by atoms with Crippen molar-refractivity contribution < 1.29 is 30.0 Å². The second-order valence-corrected chi connectivity index (χ2v) is 14.0. The van der Waals surface area contributed by atoms with Crippen LogP contribution in [-0.4, -0.2) is 55.9 Å². The number of rotatable bonds is 5. The number of aliphatic hydroxyl groups is 4. The molecule has 0 aliphatic heterocycles. The summed E-state index contributed by atoms with van der Waals surface area (Å²) in [5, 5.41) is 44.6. The lowest BCUT2D eigenvalue weighted by molar-refractivity contribution is -0.187. The van der Waals surface area contributed by atoms with Crippen LogP contribution >= 0.6 is 0 Å². The minimum absolute atomic E-state index is 0.0618. The fourth-order valence-corrected chi connectivity index (χ4v) is 9.30. The van der Waals surface area contributed by atoms with Gasteiger partial charge in [-0.05, 0) is 62.2 Å². The second-order valence-electron chi connectivity index (χ2n) is 14.0. The van der Waals surface area contributed by atoms with E-state index >= 15 is 0 Å². The van der Waals surface area contributed by atoms with Crippen LogP contribution in [0.15, 0.2) is 23.8 Å². The fraction of sp³-hybridized carbons (Fsp3) is 0.800. The van der Waals surface area contributed by atoms with Gasteiger partial charge in [0.15, 0.2) is 5.78 Å². The molecule has 0 amide bonds. The van der Waals surface area contributed by atoms with Crippen LogP contribution in [0.3, 0.4) is 0 Å². The maximum atomic E-state index is 14.2. The van der Waals surface area contributed by atoms with Crippen LogP contribution in [0.1, 0.15) is 87.0 Å². The summed E-state index contributed by atoms with van der Waals surface area (Å²) in [5.74, 6) is -1.34. The lowest BCUT2D eigenvalue weighted by Gasteiger charge is -2.65. The quantitative estimate of drug-likeness (QED) is 0.426. The number of ketones is 2. The molecule has 3 fully saturated rings. The smallest absolute Gasteiger partial charge is 0.164 e. The minimum atomic E-state index is -1.77. The summed E-state index contributed by atoms with van der Waals surface area (Å²) in [6, 6.07) is 0. The standard InChI is InChI=1S/C30H46O6/c1-16(2)9-12-22(33)30(8,36)24-20(32)14-27(5)21-11-10-17-18(13-19(31)25(35)26(17,3)4)29(21,7)23(34)15-28(24,27)6/h10,18-21,24-25,31-32,35-36H,1,9,11-15H2,2-8H3/t18?,19-,20+,21?,24?,25+,27-,28+,29-,30?/m0/s1. The Hall–Kier alpha value is -1.34. The van der Waals surface area contributed by atoms with Crippen molar-refractivity contribution >= 4 is 11.6 Å². The topological polar surface area (TPSA) is 115 Å². The van der Waals surface area contributed by atoms with Crippen LogP contribution in [0.25, 0.3) is 0 Å². The Morgan fingerprint density at radius 2 is 1.69 bits per heavy atom. The van der Waals surface area contributed by atoms with Gasteiger partial charge in [-0.1, -0.05) is 51.8 Å². The molecule has 3 saturated carbocycles. The largest absolute Gasteiger partial charge is 0.393 e. The number of fused-ring (bicyclic) bond motifs is 5. The monoisotopic (exact) mass is 502 g/mol. The average molecular weight is 503 g/mol. The number of carbonyl (C=O) groups excluding carboxylic acids is 2. The lowest BCUT2D eigenvalue weighted by Crippen LogP contribution is -2.65. The van der Waals surface area contributed by atoms with Gasteiger partial charge in [-0.2, -0.15) is 0 Å². The molecule has 4 rings (SSSR count). The molecule has 10 atom stereocenters. The Balaban J connectivity index is 1.78. The zero-order valence-corrected chi connectivity index (χ0v) is 23.1. The van der Waals surface area contributed by atoms with E-state index in [0.717, 1.165) is 11.1 Å². The van der Waals surface area contributed by atoms with Gasteiger partial charge >= 0.3 is 0 Å². The maximum absolute atomic E-state index is 14.2. The minimum Gasteiger partial charge on any atom is -0.393 e. The van der Waals surface area contributed by atoms with Crippen LogP contribution < -0.4 is 0 Å². The molecule has 0 radical (unpaired) electrons. The van der Waals surface area contributed by atoms with Crippen LogP contribution in [0, 0.1) is 39.4 Å². The molecule has 202 valence electrons. The molecule has 4 aliphatic carbocycles. The number of allylic oxidation sites excluding steroid dienone is 2. The van der Waals surface area contributed by atoms with E-state index in [9.17, 15) is 30.0 Å². The molecule has 0 aromatic heterocycles. The maximum Gasteiger partial charge on any atom is 0.164 e. The predicted octanol–water partition coefficient (Wildman–Crippen LogP) is 3.75. The number of carbonyl (C=O) groups is 2. The molecule has 0 saturated heterocycles. The van der Waals surface area contributed by atoms with Gasteiger partial charge in [0.25, 0.3) is 0 Å². The summed E-state index contributed by atoms with van der Waals surface area (Å²) in [4.78, 5) is 27.5. The average Bonchev–Trinajstić information content (AvgIpc) is 2.96. The van der Waals surface area contributed by atoms with Gasteiger partial charge in [-0.15, -0.1) is 6.58 Å². The first kappa shape index (κ1) is 27.7. The highest BCUT2D eigenvalue weighted by molar-refractivity contribution is 5.90. The molecular formula is C30H46O6. The van der Waals surface area contributed by atoms with Crippen molar-refractivity contribution in [2.24, 2.45) is 39.4 Å². The van der Waals surface area contributed by atoms with Gasteiger partial charge in [0.05, 0.1) is 18.3 Å². The molecule has 0 aromatic rings. The first-order valence-electron chi connectivity index (χ1n) is 13.5. The van der Waals surface area contributed by atoms with Gasteiger partial charge in [-0.25, -0.2) is 0 Å². The Labute approximate surface area is 215 Å². The lowest BCUT2D eigenvalue weighted by atomic mass is 9.38. The molecular weight excluding hydrogens is 456 g/mol. The Morgan fingerprint density at radius 3 is 2.28 bits per heavy atom. The van der Waals surface area contributed by atoms with Gasteiger partial charge in [0.2, 0.25) is 0 Å². The highest BCUT2D eigenvalue weighted by atomic mass is 16.3. The summed E-state index contributed by atoms with van der Waals surface area (Å²) in [6.07, 6.45) is 1.56. The summed E-state index contributed by atoms with van der Waals surface area (Å²) in [7, 11) is 0. The van der Waals surface area contributed by atoms with E-state index in [1.807, 2.05) is 34.6 Å². The third-order valence-electron chi connectivity index (χ3n) is 11.6. The summed E-state index contributed by atoms with van der Waals surface area (Å²) in [6.45, 7) is 17.2. The van der Waals surface area contributed by atoms with Crippen LogP contribution in [0.5, 0.6) is 0 Å². The molecule has 0 spiro atoms. The van der Waals surface area contributed by atoms with Gasteiger partial charge in [0.1, 0.15) is 11.4 Å². The third-order valence-corrected chi connectivity index (χ3v) is 11.6. The molecule has 4 N–H and O–H groups in total. The molecule has 0 bridgehead atoms. The number of hydrogen-bond donors (Lipinski definition) is 4. The van der Waals surface area contributed by atoms with E-state index in [-0.39, 0.29) is 36.2 Å². The first-order chi connectivity index (χ1) is 16.4. The Kier molecular flexibility index (Phi) is 6.41. The number of Topliss-reactive ketones (excluding diaryl/α,β-unsaturated/α-hetero) is 2. The van der Waals surface area contributed by atoms with Crippen LogP contribution in [0.2, 0.25) is 0 Å². The second kappa shape index (κ2) is 8.33.